The van der Waals surface area contributed by atoms with Crippen LogP contribution in [0.25, 0.3) is 0 Å². The minimum absolute atomic E-state index is 0.216. The second-order valence-corrected chi connectivity index (χ2v) is 8.36. The van der Waals surface area contributed by atoms with Crippen LogP contribution < -0.4 is 17.1 Å². The minimum atomic E-state index is -0.587. The molecule has 36 heavy (non-hydrogen) atoms. The first-order valence-electron chi connectivity index (χ1n) is 12.6. The van der Waals surface area contributed by atoms with Crippen molar-refractivity contribution in [3.05, 3.63) is 31.5 Å². The van der Waals surface area contributed by atoms with E-state index in [1.165, 1.54) is 0 Å². The zero-order valence-corrected chi connectivity index (χ0v) is 20.9. The van der Waals surface area contributed by atoms with Crippen molar-refractivity contribution in [3.63, 3.8) is 0 Å². The highest BCUT2D eigenvalue weighted by molar-refractivity contribution is 4.79. The summed E-state index contributed by atoms with van der Waals surface area (Å²) in [6, 6.07) is 0. The lowest BCUT2D eigenvalue weighted by molar-refractivity contribution is 0.259. The average Bonchev–Trinajstić information content (AvgIpc) is 2.87. The van der Waals surface area contributed by atoms with Gasteiger partial charge in [0.1, 0.15) is 19.8 Å². The third-order valence-corrected chi connectivity index (χ3v) is 5.71. The minimum Gasteiger partial charge on any atom is -0.428 e. The number of nitriles is 3. The first-order valence-corrected chi connectivity index (χ1v) is 12.6. The highest BCUT2D eigenvalue weighted by Crippen LogP contribution is 2.03. The van der Waals surface area contributed by atoms with Gasteiger partial charge in [0.15, 0.2) is 0 Å². The fraction of sp³-hybridized carbons (Fsp3) is 0.750. The van der Waals surface area contributed by atoms with E-state index in [4.69, 9.17) is 15.8 Å². The van der Waals surface area contributed by atoms with Gasteiger partial charge >= 0.3 is 17.1 Å². The number of nitrogens with zero attached hydrogens (tertiary/aromatic N) is 6. The van der Waals surface area contributed by atoms with Crippen molar-refractivity contribution in [1.29, 1.82) is 15.8 Å². The normalized spacial score (nSPS) is 10.2. The van der Waals surface area contributed by atoms with Gasteiger partial charge in [0, 0.05) is 19.6 Å². The van der Waals surface area contributed by atoms with Crippen molar-refractivity contribution in [2.45, 2.75) is 96.7 Å². The Balaban J connectivity index is 2.84. The maximum Gasteiger partial charge on any atom is 0.336 e. The number of aromatic nitrogens is 3. The Morgan fingerprint density at radius 1 is 0.444 bits per heavy atom. The van der Waals surface area contributed by atoms with E-state index in [1.807, 2.05) is 0 Å². The molecule has 0 unspecified atom stereocenters. The molecule has 1 heterocycles. The molecule has 1 aromatic rings. The Hall–Kier alpha value is -3.72. The van der Waals surface area contributed by atoms with Gasteiger partial charge in [-0.1, -0.05) is 19.3 Å². The molecule has 12 heteroatoms. The van der Waals surface area contributed by atoms with E-state index < -0.39 is 17.1 Å². The summed E-state index contributed by atoms with van der Waals surface area (Å²) in [4.78, 5) is 39.0. The van der Waals surface area contributed by atoms with Crippen LogP contribution in [-0.4, -0.2) is 33.5 Å². The fourth-order valence-electron chi connectivity index (χ4n) is 3.79. The Kier molecular flexibility index (Phi) is 16.5. The summed E-state index contributed by atoms with van der Waals surface area (Å²) in [5.41, 5.74) is -1.76. The molecule has 0 saturated heterocycles. The molecule has 0 aliphatic carbocycles. The number of unbranched alkanes of at least 4 members (excludes halogenated alkanes) is 9. The van der Waals surface area contributed by atoms with E-state index in [2.05, 4.69) is 14.2 Å². The van der Waals surface area contributed by atoms with Gasteiger partial charge in [0.2, 0.25) is 0 Å². The third kappa shape index (κ3) is 11.6. The number of rotatable bonds is 21. The largest absolute Gasteiger partial charge is 0.428 e. The highest BCUT2D eigenvalue weighted by Gasteiger charge is 2.15. The van der Waals surface area contributed by atoms with E-state index in [-0.39, 0.29) is 19.6 Å². The smallest absolute Gasteiger partial charge is 0.336 e. The molecule has 0 aliphatic rings. The van der Waals surface area contributed by atoms with Crippen molar-refractivity contribution in [3.8, 4) is 18.8 Å². The molecular weight excluding hydrogens is 468 g/mol. The van der Waals surface area contributed by atoms with E-state index >= 15 is 0 Å². The molecule has 1 aromatic heterocycles. The highest BCUT2D eigenvalue weighted by atomic mass is 16.5. The van der Waals surface area contributed by atoms with Gasteiger partial charge in [0.25, 0.3) is 18.8 Å². The van der Waals surface area contributed by atoms with Gasteiger partial charge in [-0.2, -0.15) is 15.8 Å². The van der Waals surface area contributed by atoms with E-state index in [0.717, 1.165) is 52.2 Å². The quantitative estimate of drug-likeness (QED) is 0.180. The summed E-state index contributed by atoms with van der Waals surface area (Å²) in [6.45, 7) is 1.69. The van der Waals surface area contributed by atoms with E-state index in [1.54, 1.807) is 18.8 Å². The lowest BCUT2D eigenvalue weighted by atomic mass is 10.2. The second-order valence-electron chi connectivity index (χ2n) is 8.36. The lowest BCUT2D eigenvalue weighted by Crippen LogP contribution is -2.54. The fourth-order valence-corrected chi connectivity index (χ4v) is 3.79. The van der Waals surface area contributed by atoms with Gasteiger partial charge in [-0.15, -0.1) is 0 Å². The second kappa shape index (κ2) is 19.6. The van der Waals surface area contributed by atoms with Crippen LogP contribution in [-0.2, 0) is 33.8 Å². The van der Waals surface area contributed by atoms with Crippen molar-refractivity contribution >= 4 is 0 Å². The topological polar surface area (TPSA) is 165 Å². The summed E-state index contributed by atoms with van der Waals surface area (Å²) >= 11 is 0. The molecule has 1 rings (SSSR count). The summed E-state index contributed by atoms with van der Waals surface area (Å²) in [6.07, 6.45) is 13.5. The van der Waals surface area contributed by atoms with Crippen LogP contribution in [0.15, 0.2) is 14.4 Å². The summed E-state index contributed by atoms with van der Waals surface area (Å²) in [7, 11) is 0. The number of ether oxygens (including phenoxy) is 3. The summed E-state index contributed by atoms with van der Waals surface area (Å²) in [5, 5.41) is 25.2. The Labute approximate surface area is 210 Å². The molecule has 0 spiro atoms. The van der Waals surface area contributed by atoms with Crippen LogP contribution in [0, 0.1) is 34.6 Å². The predicted molar refractivity (Wildman–Crippen MR) is 129 cm³/mol. The first-order chi connectivity index (χ1) is 17.6. The number of hydrogen-bond donors (Lipinski definition) is 0. The molecule has 0 aliphatic heterocycles. The van der Waals surface area contributed by atoms with Crippen LogP contribution in [0.2, 0.25) is 0 Å². The molecule has 0 amide bonds. The van der Waals surface area contributed by atoms with Crippen molar-refractivity contribution in [2.24, 2.45) is 0 Å². The number of hydrogen-bond acceptors (Lipinski definition) is 9. The average molecular weight is 505 g/mol. The SMILES string of the molecule is N#COCCCCCCn1c(=O)n(CCCCCCOC#N)c(=O)n(CCCCCCOC#N)c1=O. The lowest BCUT2D eigenvalue weighted by Gasteiger charge is -2.14. The Bertz CT molecular complexity index is 892. The third-order valence-electron chi connectivity index (χ3n) is 5.71. The van der Waals surface area contributed by atoms with Crippen molar-refractivity contribution in [2.75, 3.05) is 19.8 Å². The van der Waals surface area contributed by atoms with Crippen molar-refractivity contribution < 1.29 is 14.2 Å². The van der Waals surface area contributed by atoms with Gasteiger partial charge in [-0.05, 0) is 57.8 Å². The molecule has 0 fully saturated rings. The molecular formula is C24H36N6O6. The maximum absolute atomic E-state index is 13.0. The zero-order valence-electron chi connectivity index (χ0n) is 20.9. The maximum atomic E-state index is 13.0. The molecule has 0 radical (unpaired) electrons. The first kappa shape index (κ1) is 30.3. The standard InChI is InChI=1S/C24H36N6O6/c25-19-34-16-10-4-1-7-13-28-22(31)29(14-8-2-5-11-17-35-20-26)24(33)30(23(28)32)15-9-3-6-12-18-36-21-27/h1-18H2. The molecule has 0 N–H and O–H groups in total. The summed E-state index contributed by atoms with van der Waals surface area (Å²) in [5.74, 6) is 0. The summed E-state index contributed by atoms with van der Waals surface area (Å²) < 4.78 is 17.4. The van der Waals surface area contributed by atoms with E-state index in [9.17, 15) is 14.4 Å². The molecule has 198 valence electrons. The predicted octanol–water partition coefficient (Wildman–Crippen LogP) is 2.35. The monoisotopic (exact) mass is 504 g/mol. The van der Waals surface area contributed by atoms with Crippen LogP contribution in [0.4, 0.5) is 0 Å². The van der Waals surface area contributed by atoms with Gasteiger partial charge < -0.3 is 14.2 Å². The van der Waals surface area contributed by atoms with Gasteiger partial charge in [0.05, 0.1) is 0 Å². The van der Waals surface area contributed by atoms with Gasteiger partial charge in [-0.25, -0.2) is 28.1 Å². The Morgan fingerprint density at radius 2 is 0.694 bits per heavy atom. The molecule has 0 bridgehead atoms. The van der Waals surface area contributed by atoms with Crippen LogP contribution in [0.1, 0.15) is 77.0 Å². The molecule has 0 aromatic carbocycles. The van der Waals surface area contributed by atoms with Gasteiger partial charge in [-0.3, -0.25) is 0 Å². The van der Waals surface area contributed by atoms with Crippen LogP contribution >= 0.6 is 0 Å². The van der Waals surface area contributed by atoms with E-state index in [0.29, 0.717) is 58.3 Å². The molecule has 0 atom stereocenters. The molecule has 12 nitrogen and oxygen atoms in total. The Morgan fingerprint density at radius 3 is 0.944 bits per heavy atom. The zero-order chi connectivity index (χ0) is 26.4. The molecule has 0 saturated carbocycles. The van der Waals surface area contributed by atoms with Crippen LogP contribution in [0.3, 0.4) is 0 Å². The van der Waals surface area contributed by atoms with Crippen molar-refractivity contribution in [1.82, 2.24) is 13.7 Å². The van der Waals surface area contributed by atoms with Crippen LogP contribution in [0.5, 0.6) is 0 Å².